The zero-order valence-electron chi connectivity index (χ0n) is 13.7. The average molecular weight is 310 g/mol. The molecule has 0 aromatic heterocycles. The first kappa shape index (κ1) is 16.5. The van der Waals surface area contributed by atoms with Gasteiger partial charge in [0.15, 0.2) is 5.96 Å². The smallest absolute Gasteiger partial charge is 0.326 e. The summed E-state index contributed by atoms with van der Waals surface area (Å²) in [6.07, 6.45) is 0. The molecule has 0 aliphatic heterocycles. The number of para-hydroxylation sites is 1. The summed E-state index contributed by atoms with van der Waals surface area (Å²) >= 11 is 0. The quantitative estimate of drug-likeness (QED) is 0.600. The number of amides is 2. The Morgan fingerprint density at radius 2 is 1.65 bits per heavy atom. The number of carbonyl (C=O) groups is 1. The van der Waals surface area contributed by atoms with E-state index in [4.69, 9.17) is 5.41 Å². The van der Waals surface area contributed by atoms with Crippen LogP contribution in [0.4, 0.5) is 10.5 Å². The molecular formula is C18H22N4O. The van der Waals surface area contributed by atoms with Gasteiger partial charge in [0.25, 0.3) is 0 Å². The van der Waals surface area contributed by atoms with Crippen molar-refractivity contribution in [1.29, 1.82) is 5.41 Å². The standard InChI is InChI=1S/C18H22N4O/c1-13-8-7-9-14(2)16(13)20-18(23)21-17(19)22(3)12-15-10-5-4-6-11-15/h4-11H,12H2,1-3H3,(H3,19,20,21,23). The molecule has 2 aromatic rings. The minimum atomic E-state index is -0.410. The molecule has 0 heterocycles. The second-order valence-corrected chi connectivity index (χ2v) is 5.54. The molecule has 23 heavy (non-hydrogen) atoms. The summed E-state index contributed by atoms with van der Waals surface area (Å²) in [6.45, 7) is 4.44. The Balaban J connectivity index is 1.93. The molecule has 5 heteroatoms. The van der Waals surface area contributed by atoms with Gasteiger partial charge in [-0.3, -0.25) is 10.7 Å². The highest BCUT2D eigenvalue weighted by Gasteiger charge is 2.11. The molecule has 2 aromatic carbocycles. The number of guanidine groups is 1. The Kier molecular flexibility index (Phi) is 5.36. The summed E-state index contributed by atoms with van der Waals surface area (Å²) in [7, 11) is 1.77. The van der Waals surface area contributed by atoms with Crippen LogP contribution in [0.15, 0.2) is 48.5 Å². The number of urea groups is 1. The first-order valence-corrected chi connectivity index (χ1v) is 7.45. The van der Waals surface area contributed by atoms with Gasteiger partial charge in [-0.1, -0.05) is 48.5 Å². The monoisotopic (exact) mass is 310 g/mol. The molecule has 120 valence electrons. The lowest BCUT2D eigenvalue weighted by molar-refractivity contribution is 0.254. The second-order valence-electron chi connectivity index (χ2n) is 5.54. The molecule has 0 saturated heterocycles. The zero-order chi connectivity index (χ0) is 16.8. The van der Waals surface area contributed by atoms with E-state index < -0.39 is 6.03 Å². The topological polar surface area (TPSA) is 68.2 Å². The van der Waals surface area contributed by atoms with Gasteiger partial charge in [-0.05, 0) is 30.5 Å². The number of hydrogen-bond donors (Lipinski definition) is 3. The number of carbonyl (C=O) groups excluding carboxylic acids is 1. The predicted molar refractivity (Wildman–Crippen MR) is 93.7 cm³/mol. The number of nitrogens with one attached hydrogen (secondary N) is 3. The summed E-state index contributed by atoms with van der Waals surface area (Å²) in [5, 5.41) is 13.4. The maximum atomic E-state index is 12.1. The molecule has 0 fully saturated rings. The third-order valence-corrected chi connectivity index (χ3v) is 3.60. The van der Waals surface area contributed by atoms with Gasteiger partial charge < -0.3 is 10.2 Å². The number of hydrogen-bond acceptors (Lipinski definition) is 2. The Morgan fingerprint density at radius 1 is 1.04 bits per heavy atom. The van der Waals surface area contributed by atoms with Gasteiger partial charge in [0.1, 0.15) is 0 Å². The van der Waals surface area contributed by atoms with Gasteiger partial charge in [0.05, 0.1) is 0 Å². The lowest BCUT2D eigenvalue weighted by Gasteiger charge is -2.21. The Hall–Kier alpha value is -2.82. The molecule has 0 bridgehead atoms. The summed E-state index contributed by atoms with van der Waals surface area (Å²) in [6, 6.07) is 15.2. The van der Waals surface area contributed by atoms with Crippen molar-refractivity contribution >= 4 is 17.7 Å². The molecule has 0 spiro atoms. The molecule has 0 radical (unpaired) electrons. The third-order valence-electron chi connectivity index (χ3n) is 3.60. The third kappa shape index (κ3) is 4.57. The fraction of sp³-hybridized carbons (Fsp3) is 0.222. The molecule has 2 amide bonds. The van der Waals surface area contributed by atoms with Gasteiger partial charge >= 0.3 is 6.03 Å². The molecule has 0 aliphatic carbocycles. The average Bonchev–Trinajstić information content (AvgIpc) is 2.52. The van der Waals surface area contributed by atoms with Crippen LogP contribution in [0.2, 0.25) is 0 Å². The second kappa shape index (κ2) is 7.45. The van der Waals surface area contributed by atoms with Crippen molar-refractivity contribution < 1.29 is 4.79 Å². The van der Waals surface area contributed by atoms with Crippen LogP contribution in [-0.4, -0.2) is 23.9 Å². The number of nitrogens with zero attached hydrogens (tertiary/aromatic N) is 1. The van der Waals surface area contributed by atoms with Crippen molar-refractivity contribution in [2.24, 2.45) is 0 Å². The lowest BCUT2D eigenvalue weighted by atomic mass is 10.1. The van der Waals surface area contributed by atoms with Crippen LogP contribution < -0.4 is 10.6 Å². The molecule has 0 unspecified atom stereocenters. The minimum Gasteiger partial charge on any atom is -0.342 e. The number of rotatable bonds is 3. The van der Waals surface area contributed by atoms with E-state index in [1.807, 2.05) is 62.4 Å². The van der Waals surface area contributed by atoms with Crippen molar-refractivity contribution in [2.75, 3.05) is 12.4 Å². The van der Waals surface area contributed by atoms with Crippen molar-refractivity contribution in [3.63, 3.8) is 0 Å². The number of aryl methyl sites for hydroxylation is 2. The lowest BCUT2D eigenvalue weighted by Crippen LogP contribution is -2.43. The van der Waals surface area contributed by atoms with Crippen LogP contribution in [0.1, 0.15) is 16.7 Å². The van der Waals surface area contributed by atoms with Crippen molar-refractivity contribution in [3.05, 3.63) is 65.2 Å². The fourth-order valence-electron chi connectivity index (χ4n) is 2.30. The summed E-state index contributed by atoms with van der Waals surface area (Å²) in [4.78, 5) is 13.8. The van der Waals surface area contributed by atoms with Crippen LogP contribution in [0.5, 0.6) is 0 Å². The van der Waals surface area contributed by atoms with Crippen molar-refractivity contribution in [1.82, 2.24) is 10.2 Å². The number of anilines is 1. The first-order chi connectivity index (χ1) is 11.0. The molecule has 3 N–H and O–H groups in total. The van der Waals surface area contributed by atoms with Crippen molar-refractivity contribution in [3.8, 4) is 0 Å². The van der Waals surface area contributed by atoms with Crippen molar-refractivity contribution in [2.45, 2.75) is 20.4 Å². The van der Waals surface area contributed by atoms with E-state index in [0.717, 1.165) is 22.4 Å². The zero-order valence-corrected chi connectivity index (χ0v) is 13.7. The van der Waals surface area contributed by atoms with Crippen LogP contribution in [0.25, 0.3) is 0 Å². The van der Waals surface area contributed by atoms with E-state index in [-0.39, 0.29) is 5.96 Å². The number of benzene rings is 2. The minimum absolute atomic E-state index is 0.0533. The van der Waals surface area contributed by atoms with Gasteiger partial charge in [0.2, 0.25) is 0 Å². The Labute approximate surface area is 136 Å². The largest absolute Gasteiger partial charge is 0.342 e. The highest BCUT2D eigenvalue weighted by molar-refractivity contribution is 6.01. The Bertz CT molecular complexity index is 677. The fourth-order valence-corrected chi connectivity index (χ4v) is 2.30. The molecule has 2 rings (SSSR count). The van der Waals surface area contributed by atoms with Gasteiger partial charge in [-0.25, -0.2) is 4.79 Å². The van der Waals surface area contributed by atoms with Crippen LogP contribution >= 0.6 is 0 Å². The van der Waals surface area contributed by atoms with Crippen LogP contribution in [0.3, 0.4) is 0 Å². The van der Waals surface area contributed by atoms with Crippen LogP contribution in [0, 0.1) is 19.3 Å². The molecule has 0 atom stereocenters. The van der Waals surface area contributed by atoms with Crippen LogP contribution in [-0.2, 0) is 6.54 Å². The highest BCUT2D eigenvalue weighted by Crippen LogP contribution is 2.19. The molecule has 5 nitrogen and oxygen atoms in total. The van der Waals surface area contributed by atoms with Gasteiger partial charge in [-0.2, -0.15) is 0 Å². The van der Waals surface area contributed by atoms with E-state index in [1.165, 1.54) is 0 Å². The summed E-state index contributed by atoms with van der Waals surface area (Å²) < 4.78 is 0. The van der Waals surface area contributed by atoms with E-state index in [9.17, 15) is 4.79 Å². The normalized spacial score (nSPS) is 10.0. The van der Waals surface area contributed by atoms with E-state index >= 15 is 0 Å². The van der Waals surface area contributed by atoms with E-state index in [0.29, 0.717) is 6.54 Å². The predicted octanol–water partition coefficient (Wildman–Crippen LogP) is 3.49. The first-order valence-electron chi connectivity index (χ1n) is 7.45. The Morgan fingerprint density at radius 3 is 2.26 bits per heavy atom. The molecule has 0 aliphatic rings. The maximum Gasteiger partial charge on any atom is 0.326 e. The van der Waals surface area contributed by atoms with Gasteiger partial charge in [0, 0.05) is 19.3 Å². The highest BCUT2D eigenvalue weighted by atomic mass is 16.2. The van der Waals surface area contributed by atoms with Gasteiger partial charge in [-0.15, -0.1) is 0 Å². The maximum absolute atomic E-state index is 12.1. The van der Waals surface area contributed by atoms with E-state index in [1.54, 1.807) is 11.9 Å². The SMILES string of the molecule is Cc1cccc(C)c1NC(=O)NC(=N)N(C)Cc1ccccc1. The summed E-state index contributed by atoms with van der Waals surface area (Å²) in [5.41, 5.74) is 3.84. The molecular weight excluding hydrogens is 288 g/mol. The van der Waals surface area contributed by atoms with E-state index in [2.05, 4.69) is 10.6 Å². The molecule has 0 saturated carbocycles. The summed E-state index contributed by atoms with van der Waals surface area (Å²) in [5.74, 6) is 0.0533.